The van der Waals surface area contributed by atoms with Crippen molar-refractivity contribution in [1.82, 2.24) is 19.6 Å². The molecule has 136 valence electrons. The summed E-state index contributed by atoms with van der Waals surface area (Å²) in [7, 11) is 0. The summed E-state index contributed by atoms with van der Waals surface area (Å²) in [6, 6.07) is 14.5. The van der Waals surface area contributed by atoms with Crippen molar-refractivity contribution in [2.75, 3.05) is 6.61 Å². The third kappa shape index (κ3) is 3.08. The summed E-state index contributed by atoms with van der Waals surface area (Å²) in [6.45, 7) is 4.14. The number of carbonyl (C=O) groups is 1. The fraction of sp³-hybridized carbons (Fsp3) is 0.200. The smallest absolute Gasteiger partial charge is 0.338 e. The van der Waals surface area contributed by atoms with E-state index in [1.165, 1.54) is 0 Å². The van der Waals surface area contributed by atoms with E-state index >= 15 is 0 Å². The minimum absolute atomic E-state index is 0.336. The van der Waals surface area contributed by atoms with Gasteiger partial charge in [-0.15, -0.1) is 10.2 Å². The Labute approximate surface area is 155 Å². The molecule has 7 heteroatoms. The molecule has 0 saturated carbocycles. The number of hydrogen-bond acceptors (Lipinski definition) is 6. The molecule has 0 atom stereocenters. The number of esters is 1. The maximum absolute atomic E-state index is 11.8. The van der Waals surface area contributed by atoms with E-state index in [9.17, 15) is 4.79 Å². The molecular weight excluding hydrogens is 344 g/mol. The molecule has 0 aliphatic rings. The second-order valence-electron chi connectivity index (χ2n) is 5.88. The molecule has 0 aliphatic heterocycles. The standard InChI is InChI=1S/C20H18N4O3/c1-3-17-22-23-18-19(21-15-7-5-6-8-16(15)24(17)18)27-14-11-9-13(10-12-14)20(25)26-4-2/h5-12H,3-4H2,1-2H3. The van der Waals surface area contributed by atoms with Crippen LogP contribution in [0.25, 0.3) is 16.7 Å². The lowest BCUT2D eigenvalue weighted by Gasteiger charge is -2.09. The van der Waals surface area contributed by atoms with Gasteiger partial charge in [0.25, 0.3) is 5.88 Å². The molecule has 4 rings (SSSR count). The lowest BCUT2D eigenvalue weighted by molar-refractivity contribution is 0.0526. The van der Waals surface area contributed by atoms with E-state index in [1.807, 2.05) is 35.6 Å². The number of aryl methyl sites for hydroxylation is 1. The summed E-state index contributed by atoms with van der Waals surface area (Å²) in [5.74, 6) is 1.39. The van der Waals surface area contributed by atoms with E-state index in [-0.39, 0.29) is 5.97 Å². The molecule has 0 saturated heterocycles. The minimum atomic E-state index is -0.361. The van der Waals surface area contributed by atoms with E-state index in [1.54, 1.807) is 31.2 Å². The predicted molar refractivity (Wildman–Crippen MR) is 100 cm³/mol. The summed E-state index contributed by atoms with van der Waals surface area (Å²) in [4.78, 5) is 16.4. The number of hydrogen-bond donors (Lipinski definition) is 0. The zero-order valence-electron chi connectivity index (χ0n) is 15.0. The number of aromatic nitrogens is 4. The molecule has 0 radical (unpaired) electrons. The van der Waals surface area contributed by atoms with E-state index in [0.717, 1.165) is 23.3 Å². The van der Waals surface area contributed by atoms with Crippen LogP contribution in [0.5, 0.6) is 11.6 Å². The van der Waals surface area contributed by atoms with Crippen LogP contribution in [0.2, 0.25) is 0 Å². The first-order chi connectivity index (χ1) is 13.2. The van der Waals surface area contributed by atoms with Gasteiger partial charge in [0.2, 0.25) is 5.65 Å². The van der Waals surface area contributed by atoms with Crippen molar-refractivity contribution in [3.05, 3.63) is 59.9 Å². The number of fused-ring (bicyclic) bond motifs is 3. The maximum Gasteiger partial charge on any atom is 0.338 e. The van der Waals surface area contributed by atoms with Crippen molar-refractivity contribution in [3.63, 3.8) is 0 Å². The highest BCUT2D eigenvalue weighted by atomic mass is 16.5. The molecule has 0 N–H and O–H groups in total. The molecule has 2 aromatic carbocycles. The number of benzene rings is 2. The van der Waals surface area contributed by atoms with Gasteiger partial charge < -0.3 is 9.47 Å². The summed E-state index contributed by atoms with van der Waals surface area (Å²) >= 11 is 0. The lowest BCUT2D eigenvalue weighted by Crippen LogP contribution is -2.04. The van der Waals surface area contributed by atoms with Gasteiger partial charge >= 0.3 is 5.97 Å². The first-order valence-corrected chi connectivity index (χ1v) is 8.79. The molecule has 7 nitrogen and oxygen atoms in total. The van der Waals surface area contributed by atoms with Crippen LogP contribution >= 0.6 is 0 Å². The van der Waals surface area contributed by atoms with Gasteiger partial charge in [-0.1, -0.05) is 19.1 Å². The molecule has 27 heavy (non-hydrogen) atoms. The minimum Gasteiger partial charge on any atom is -0.462 e. The van der Waals surface area contributed by atoms with Crippen molar-refractivity contribution in [2.24, 2.45) is 0 Å². The Bertz CT molecular complexity index is 1120. The second kappa shape index (κ2) is 7.03. The molecule has 0 bridgehead atoms. The van der Waals surface area contributed by atoms with Gasteiger partial charge in [0.05, 0.1) is 23.2 Å². The average molecular weight is 362 g/mol. The Kier molecular flexibility index (Phi) is 4.42. The van der Waals surface area contributed by atoms with Crippen LogP contribution in [-0.2, 0) is 11.2 Å². The van der Waals surface area contributed by atoms with Crippen LogP contribution in [0.4, 0.5) is 0 Å². The molecule has 0 amide bonds. The van der Waals surface area contributed by atoms with Crippen molar-refractivity contribution in [3.8, 4) is 11.6 Å². The quantitative estimate of drug-likeness (QED) is 0.502. The van der Waals surface area contributed by atoms with Gasteiger partial charge in [0.15, 0.2) is 0 Å². The highest BCUT2D eigenvalue weighted by Crippen LogP contribution is 2.27. The number of para-hydroxylation sites is 2. The largest absolute Gasteiger partial charge is 0.462 e. The highest BCUT2D eigenvalue weighted by Gasteiger charge is 2.16. The van der Waals surface area contributed by atoms with Gasteiger partial charge in [-0.3, -0.25) is 4.40 Å². The Morgan fingerprint density at radius 3 is 2.56 bits per heavy atom. The molecule has 4 aromatic rings. The average Bonchev–Trinajstić information content (AvgIpc) is 3.14. The summed E-state index contributed by atoms with van der Waals surface area (Å²) in [5.41, 5.74) is 2.74. The van der Waals surface area contributed by atoms with Gasteiger partial charge in [0.1, 0.15) is 11.6 Å². The Balaban J connectivity index is 1.75. The molecule has 0 spiro atoms. The first-order valence-electron chi connectivity index (χ1n) is 8.79. The topological polar surface area (TPSA) is 78.6 Å². The van der Waals surface area contributed by atoms with Gasteiger partial charge in [0, 0.05) is 6.42 Å². The van der Waals surface area contributed by atoms with Crippen LogP contribution in [0, 0.1) is 0 Å². The van der Waals surface area contributed by atoms with Crippen LogP contribution in [0.1, 0.15) is 30.0 Å². The predicted octanol–water partition coefficient (Wildman–Crippen LogP) is 3.81. The number of rotatable bonds is 5. The first kappa shape index (κ1) is 17.0. The fourth-order valence-electron chi connectivity index (χ4n) is 2.90. The molecule has 0 fully saturated rings. The Hall–Kier alpha value is -3.48. The van der Waals surface area contributed by atoms with E-state index < -0.39 is 0 Å². The third-order valence-electron chi connectivity index (χ3n) is 4.16. The van der Waals surface area contributed by atoms with Crippen molar-refractivity contribution >= 4 is 22.6 Å². The van der Waals surface area contributed by atoms with Crippen LogP contribution < -0.4 is 4.74 Å². The van der Waals surface area contributed by atoms with Crippen LogP contribution in [0.15, 0.2) is 48.5 Å². The Morgan fingerprint density at radius 1 is 1.04 bits per heavy atom. The van der Waals surface area contributed by atoms with Gasteiger partial charge in [-0.2, -0.15) is 0 Å². The second-order valence-corrected chi connectivity index (χ2v) is 5.88. The number of ether oxygens (including phenoxy) is 2. The number of carbonyl (C=O) groups excluding carboxylic acids is 1. The number of nitrogens with zero attached hydrogens (tertiary/aromatic N) is 4. The summed E-state index contributed by atoms with van der Waals surface area (Å²) < 4.78 is 12.9. The third-order valence-corrected chi connectivity index (χ3v) is 4.16. The molecule has 0 unspecified atom stereocenters. The molecule has 0 aliphatic carbocycles. The Morgan fingerprint density at radius 2 is 1.81 bits per heavy atom. The maximum atomic E-state index is 11.8. The van der Waals surface area contributed by atoms with Crippen molar-refractivity contribution in [2.45, 2.75) is 20.3 Å². The highest BCUT2D eigenvalue weighted by molar-refractivity contribution is 5.89. The monoisotopic (exact) mass is 362 g/mol. The SMILES string of the molecule is CCOC(=O)c1ccc(Oc2nc3ccccc3n3c(CC)nnc23)cc1. The normalized spacial score (nSPS) is 11.0. The summed E-state index contributed by atoms with van der Waals surface area (Å²) in [5, 5.41) is 8.51. The van der Waals surface area contributed by atoms with Gasteiger partial charge in [-0.05, 0) is 43.3 Å². The molecular formula is C20H18N4O3. The van der Waals surface area contributed by atoms with Crippen LogP contribution in [-0.4, -0.2) is 32.2 Å². The van der Waals surface area contributed by atoms with Crippen molar-refractivity contribution in [1.29, 1.82) is 0 Å². The van der Waals surface area contributed by atoms with Crippen molar-refractivity contribution < 1.29 is 14.3 Å². The lowest BCUT2D eigenvalue weighted by atomic mass is 10.2. The van der Waals surface area contributed by atoms with E-state index in [0.29, 0.717) is 29.4 Å². The van der Waals surface area contributed by atoms with E-state index in [4.69, 9.17) is 9.47 Å². The summed E-state index contributed by atoms with van der Waals surface area (Å²) in [6.07, 6.45) is 0.739. The fourth-order valence-corrected chi connectivity index (χ4v) is 2.90. The zero-order chi connectivity index (χ0) is 18.8. The zero-order valence-corrected chi connectivity index (χ0v) is 15.0. The van der Waals surface area contributed by atoms with Gasteiger partial charge in [-0.25, -0.2) is 9.78 Å². The molecule has 2 aromatic heterocycles. The molecule has 2 heterocycles. The van der Waals surface area contributed by atoms with E-state index in [2.05, 4.69) is 15.2 Å². The van der Waals surface area contributed by atoms with Crippen LogP contribution in [0.3, 0.4) is 0 Å².